The van der Waals surface area contributed by atoms with Gasteiger partial charge in [-0.2, -0.15) is 0 Å². The molecule has 0 aliphatic rings. The third-order valence-corrected chi connectivity index (χ3v) is 4.55. The van der Waals surface area contributed by atoms with Crippen LogP contribution in [-0.2, 0) is 4.79 Å². The zero-order valence-corrected chi connectivity index (χ0v) is 16.8. The van der Waals surface area contributed by atoms with Crippen molar-refractivity contribution in [2.75, 3.05) is 26.1 Å². The number of unbranched alkanes of at least 4 members (excludes halogenated alkanes) is 3. The van der Waals surface area contributed by atoms with Gasteiger partial charge >= 0.3 is 0 Å². The first-order chi connectivity index (χ1) is 12.2. The second-order valence-corrected chi connectivity index (χ2v) is 6.47. The summed E-state index contributed by atoms with van der Waals surface area (Å²) in [6.45, 7) is 0.713. The number of thiazole rings is 1. The number of nitrogens with zero attached hydrogens (tertiary/aromatic N) is 1. The van der Waals surface area contributed by atoms with Crippen molar-refractivity contribution in [1.29, 1.82) is 0 Å². The molecule has 0 saturated heterocycles. The highest BCUT2D eigenvalue weighted by molar-refractivity contribution is 7.14. The fourth-order valence-electron chi connectivity index (χ4n) is 2.42. The number of carbonyl (C=O) groups excluding carboxylic acids is 1. The number of hydrogen-bond donors (Lipinski definition) is 2. The molecule has 0 bridgehead atoms. The van der Waals surface area contributed by atoms with E-state index in [1.54, 1.807) is 14.2 Å². The maximum Gasteiger partial charge on any atom is 0.226 e. The number of nitrogens with two attached hydrogens (primary N) is 1. The third kappa shape index (κ3) is 6.48. The zero-order chi connectivity index (χ0) is 18.1. The van der Waals surface area contributed by atoms with Gasteiger partial charge in [-0.1, -0.05) is 12.8 Å². The van der Waals surface area contributed by atoms with Crippen LogP contribution < -0.4 is 20.5 Å². The number of aromatic nitrogens is 1. The Bertz CT molecular complexity index is 694. The van der Waals surface area contributed by atoms with Gasteiger partial charge in [-0.15, -0.1) is 23.7 Å². The fraction of sp³-hybridized carbons (Fsp3) is 0.444. The van der Waals surface area contributed by atoms with E-state index < -0.39 is 0 Å². The Morgan fingerprint density at radius 2 is 1.88 bits per heavy atom. The molecule has 1 heterocycles. The minimum Gasteiger partial charge on any atom is -0.493 e. The van der Waals surface area contributed by atoms with Crippen molar-refractivity contribution >= 4 is 34.8 Å². The summed E-state index contributed by atoms with van der Waals surface area (Å²) < 4.78 is 10.6. The second kappa shape index (κ2) is 11.7. The van der Waals surface area contributed by atoms with Gasteiger partial charge in [0.1, 0.15) is 0 Å². The summed E-state index contributed by atoms with van der Waals surface area (Å²) in [5.41, 5.74) is 7.17. The number of ether oxygens (including phenoxy) is 2. The molecule has 0 aliphatic carbocycles. The van der Waals surface area contributed by atoms with Crippen LogP contribution in [-0.4, -0.2) is 31.7 Å². The van der Waals surface area contributed by atoms with E-state index in [2.05, 4.69) is 10.3 Å². The van der Waals surface area contributed by atoms with Crippen molar-refractivity contribution in [2.24, 2.45) is 5.73 Å². The largest absolute Gasteiger partial charge is 0.493 e. The predicted molar refractivity (Wildman–Crippen MR) is 109 cm³/mol. The Kier molecular flexibility index (Phi) is 10.0. The Morgan fingerprint density at radius 1 is 1.15 bits per heavy atom. The summed E-state index contributed by atoms with van der Waals surface area (Å²) in [6, 6.07) is 5.63. The predicted octanol–water partition coefficient (Wildman–Crippen LogP) is 4.10. The lowest BCUT2D eigenvalue weighted by Gasteiger charge is -2.08. The highest BCUT2D eigenvalue weighted by atomic mass is 35.5. The molecule has 6 nitrogen and oxygen atoms in total. The average molecular weight is 400 g/mol. The van der Waals surface area contributed by atoms with Crippen molar-refractivity contribution in [3.8, 4) is 22.8 Å². The summed E-state index contributed by atoms with van der Waals surface area (Å²) >= 11 is 1.41. The van der Waals surface area contributed by atoms with E-state index in [4.69, 9.17) is 15.2 Å². The first-order valence-corrected chi connectivity index (χ1v) is 9.23. The Balaban J connectivity index is 0.00000338. The molecular weight excluding hydrogens is 374 g/mol. The molecule has 0 unspecified atom stereocenters. The van der Waals surface area contributed by atoms with Crippen LogP contribution >= 0.6 is 23.7 Å². The molecule has 0 atom stereocenters. The van der Waals surface area contributed by atoms with E-state index in [-0.39, 0.29) is 18.3 Å². The molecule has 3 N–H and O–H groups in total. The lowest BCUT2D eigenvalue weighted by Crippen LogP contribution is -2.10. The number of hydrogen-bond acceptors (Lipinski definition) is 6. The molecule has 2 aromatic rings. The van der Waals surface area contributed by atoms with Crippen LogP contribution in [0.25, 0.3) is 11.3 Å². The van der Waals surface area contributed by atoms with Crippen molar-refractivity contribution in [3.63, 3.8) is 0 Å². The van der Waals surface area contributed by atoms with Crippen LogP contribution in [0.1, 0.15) is 32.1 Å². The number of nitrogens with one attached hydrogen (secondary N) is 1. The first-order valence-electron chi connectivity index (χ1n) is 8.35. The standard InChI is InChI=1S/C18H25N3O3S.ClH/c1-23-15-9-8-13(11-16(15)24-2)14-12-25-18(20-14)21-17(22)7-5-3-4-6-10-19;/h8-9,11-12H,3-7,10,19H2,1-2H3,(H,20,21,22);1H. The van der Waals surface area contributed by atoms with Gasteiger partial charge in [-0.3, -0.25) is 4.79 Å². The van der Waals surface area contributed by atoms with Gasteiger partial charge in [-0.25, -0.2) is 4.98 Å². The molecule has 1 aromatic carbocycles. The van der Waals surface area contributed by atoms with Gasteiger partial charge in [0.05, 0.1) is 19.9 Å². The van der Waals surface area contributed by atoms with Crippen LogP contribution in [0, 0.1) is 0 Å². The van der Waals surface area contributed by atoms with Crippen LogP contribution in [0.4, 0.5) is 5.13 Å². The Morgan fingerprint density at radius 3 is 2.58 bits per heavy atom. The number of amides is 1. The minimum absolute atomic E-state index is 0. The number of benzene rings is 1. The molecule has 144 valence electrons. The van der Waals surface area contributed by atoms with Crippen LogP contribution in [0.5, 0.6) is 11.5 Å². The third-order valence-electron chi connectivity index (χ3n) is 3.79. The SMILES string of the molecule is COc1ccc(-c2csc(NC(=O)CCCCCCN)n2)cc1OC.Cl. The molecule has 0 spiro atoms. The van der Waals surface area contributed by atoms with Crippen LogP contribution in [0.3, 0.4) is 0 Å². The molecule has 0 aliphatic heterocycles. The van der Waals surface area contributed by atoms with E-state index >= 15 is 0 Å². The van der Waals surface area contributed by atoms with Gasteiger partial charge in [0, 0.05) is 17.4 Å². The summed E-state index contributed by atoms with van der Waals surface area (Å²) in [4.78, 5) is 16.5. The molecule has 0 saturated carbocycles. The highest BCUT2D eigenvalue weighted by Gasteiger charge is 2.11. The quantitative estimate of drug-likeness (QED) is 0.587. The summed E-state index contributed by atoms with van der Waals surface area (Å²) in [6.07, 6.45) is 4.50. The Labute approximate surface area is 164 Å². The smallest absolute Gasteiger partial charge is 0.226 e. The number of anilines is 1. The molecule has 26 heavy (non-hydrogen) atoms. The Hall–Kier alpha value is -1.83. The van der Waals surface area contributed by atoms with E-state index in [1.165, 1.54) is 11.3 Å². The van der Waals surface area contributed by atoms with Crippen molar-refractivity contribution in [3.05, 3.63) is 23.6 Å². The summed E-state index contributed by atoms with van der Waals surface area (Å²) in [5, 5.41) is 5.38. The van der Waals surface area contributed by atoms with E-state index in [0.717, 1.165) is 36.9 Å². The average Bonchev–Trinajstić information content (AvgIpc) is 3.09. The fourth-order valence-corrected chi connectivity index (χ4v) is 3.16. The maximum absolute atomic E-state index is 12.0. The lowest BCUT2D eigenvalue weighted by atomic mass is 10.1. The van der Waals surface area contributed by atoms with Gasteiger partial charge < -0.3 is 20.5 Å². The van der Waals surface area contributed by atoms with Crippen LogP contribution in [0.2, 0.25) is 0 Å². The van der Waals surface area contributed by atoms with Gasteiger partial charge in [0.25, 0.3) is 0 Å². The number of rotatable bonds is 10. The zero-order valence-electron chi connectivity index (χ0n) is 15.1. The monoisotopic (exact) mass is 399 g/mol. The summed E-state index contributed by atoms with van der Waals surface area (Å²) in [7, 11) is 3.20. The lowest BCUT2D eigenvalue weighted by molar-refractivity contribution is -0.116. The number of halogens is 1. The molecule has 1 amide bonds. The molecule has 8 heteroatoms. The van der Waals surface area contributed by atoms with E-state index in [0.29, 0.717) is 29.6 Å². The minimum atomic E-state index is 0. The summed E-state index contributed by atoms with van der Waals surface area (Å²) in [5.74, 6) is 1.32. The maximum atomic E-state index is 12.0. The van der Waals surface area contributed by atoms with Crippen molar-refractivity contribution in [1.82, 2.24) is 4.98 Å². The molecule has 0 radical (unpaired) electrons. The molecule has 0 fully saturated rings. The van der Waals surface area contributed by atoms with Gasteiger partial charge in [0.2, 0.25) is 5.91 Å². The molecular formula is C18H26ClN3O3S. The van der Waals surface area contributed by atoms with Crippen molar-refractivity contribution in [2.45, 2.75) is 32.1 Å². The molecule has 1 aromatic heterocycles. The first kappa shape index (κ1) is 22.2. The van der Waals surface area contributed by atoms with Gasteiger partial charge in [0.15, 0.2) is 16.6 Å². The normalized spacial score (nSPS) is 10.1. The van der Waals surface area contributed by atoms with Crippen molar-refractivity contribution < 1.29 is 14.3 Å². The van der Waals surface area contributed by atoms with E-state index in [9.17, 15) is 4.79 Å². The van der Waals surface area contributed by atoms with Crippen LogP contribution in [0.15, 0.2) is 23.6 Å². The van der Waals surface area contributed by atoms with E-state index in [1.807, 2.05) is 23.6 Å². The molecule has 2 rings (SSSR count). The topological polar surface area (TPSA) is 86.5 Å². The number of carbonyl (C=O) groups is 1. The number of methoxy groups -OCH3 is 2. The second-order valence-electron chi connectivity index (χ2n) is 5.61. The van der Waals surface area contributed by atoms with Gasteiger partial charge in [-0.05, 0) is 37.6 Å². The highest BCUT2D eigenvalue weighted by Crippen LogP contribution is 2.33.